The third-order valence-electron chi connectivity index (χ3n) is 5.01. The number of hydrogen-bond donors (Lipinski definition) is 1. The van der Waals surface area contributed by atoms with E-state index in [1.54, 1.807) is 0 Å². The van der Waals surface area contributed by atoms with E-state index in [4.69, 9.17) is 0 Å². The van der Waals surface area contributed by atoms with Crippen molar-refractivity contribution in [3.63, 3.8) is 0 Å². The first kappa shape index (κ1) is 20.9. The lowest BCUT2D eigenvalue weighted by atomic mass is 9.95. The summed E-state index contributed by atoms with van der Waals surface area (Å²) in [5.74, 6) is 0. The van der Waals surface area contributed by atoms with Crippen molar-refractivity contribution in [1.82, 2.24) is 0 Å². The van der Waals surface area contributed by atoms with Crippen LogP contribution in [0.5, 0.6) is 0 Å². The molecule has 0 saturated carbocycles. The second-order valence-electron chi connectivity index (χ2n) is 7.06. The summed E-state index contributed by atoms with van der Waals surface area (Å²) in [5.41, 5.74) is 12.1. The highest BCUT2D eigenvalue weighted by atomic mass is 79.9. The highest BCUT2D eigenvalue weighted by Gasteiger charge is 2.17. The monoisotopic (exact) mass is 464 g/mol. The number of aliphatic hydroxyl groups excluding tert-OH is 1. The van der Waals surface area contributed by atoms with E-state index in [0.29, 0.717) is 5.57 Å². The molecule has 0 aliphatic carbocycles. The minimum atomic E-state index is -0.849. The molecule has 0 aromatic heterocycles. The molecule has 2 heteroatoms. The quantitative estimate of drug-likeness (QED) is 0.304. The van der Waals surface area contributed by atoms with Crippen molar-refractivity contribution in [2.24, 2.45) is 0 Å². The first-order chi connectivity index (χ1) is 15.2. The maximum atomic E-state index is 11.3. The summed E-state index contributed by atoms with van der Waals surface area (Å²) in [5, 5.41) is 11.3. The predicted octanol–water partition coefficient (Wildman–Crippen LogP) is 7.45. The number of hydrogen-bond acceptors (Lipinski definition) is 1. The van der Waals surface area contributed by atoms with E-state index >= 15 is 0 Å². The van der Waals surface area contributed by atoms with Gasteiger partial charge in [0.2, 0.25) is 0 Å². The number of benzene rings is 4. The Bertz CT molecular complexity index is 1210. The predicted molar refractivity (Wildman–Crippen MR) is 131 cm³/mol. The van der Waals surface area contributed by atoms with Gasteiger partial charge in [0.25, 0.3) is 0 Å². The Labute approximate surface area is 191 Å². The van der Waals surface area contributed by atoms with Gasteiger partial charge in [-0.3, -0.25) is 0 Å². The lowest BCUT2D eigenvalue weighted by Crippen LogP contribution is -2.01. The molecule has 0 spiro atoms. The van der Waals surface area contributed by atoms with Gasteiger partial charge in [0, 0.05) is 15.6 Å². The second-order valence-corrected chi connectivity index (χ2v) is 7.92. The van der Waals surface area contributed by atoms with E-state index in [-0.39, 0.29) is 0 Å². The van der Waals surface area contributed by atoms with E-state index in [2.05, 4.69) is 51.7 Å². The van der Waals surface area contributed by atoms with Gasteiger partial charge in [0.15, 0.2) is 0 Å². The average Bonchev–Trinajstić information content (AvgIpc) is 2.83. The molecule has 1 unspecified atom stereocenters. The molecule has 1 atom stereocenters. The molecular formula is C29H21BrO. The first-order valence-electron chi connectivity index (χ1n) is 10.1. The van der Waals surface area contributed by atoms with Gasteiger partial charge >= 0.3 is 0 Å². The summed E-state index contributed by atoms with van der Waals surface area (Å²) < 4.78 is 0.855. The summed E-state index contributed by atoms with van der Waals surface area (Å²) in [4.78, 5) is 0. The van der Waals surface area contributed by atoms with Gasteiger partial charge in [-0.25, -0.2) is 0 Å². The average molecular weight is 465 g/mol. The van der Waals surface area contributed by atoms with Crippen molar-refractivity contribution >= 4 is 27.1 Å². The van der Waals surface area contributed by atoms with Gasteiger partial charge in [-0.1, -0.05) is 137 Å². The minimum Gasteiger partial charge on any atom is -0.383 e. The van der Waals surface area contributed by atoms with E-state index in [0.717, 1.165) is 32.3 Å². The van der Waals surface area contributed by atoms with E-state index < -0.39 is 6.10 Å². The minimum absolute atomic E-state index is 0.664. The lowest BCUT2D eigenvalue weighted by molar-refractivity contribution is 0.237. The Kier molecular flexibility index (Phi) is 6.79. The Morgan fingerprint density at radius 3 is 1.55 bits per heavy atom. The Morgan fingerprint density at radius 1 is 0.581 bits per heavy atom. The molecule has 0 aliphatic rings. The van der Waals surface area contributed by atoms with E-state index in [1.165, 1.54) is 0 Å². The zero-order chi connectivity index (χ0) is 21.5. The fourth-order valence-corrected chi connectivity index (χ4v) is 3.92. The molecule has 1 nitrogen and oxygen atoms in total. The third-order valence-corrected chi connectivity index (χ3v) is 5.73. The van der Waals surface area contributed by atoms with Crippen LogP contribution in [-0.4, -0.2) is 5.11 Å². The van der Waals surface area contributed by atoms with E-state index in [9.17, 15) is 5.11 Å². The van der Waals surface area contributed by atoms with Gasteiger partial charge in [-0.05, 0) is 28.3 Å². The van der Waals surface area contributed by atoms with Gasteiger partial charge in [-0.2, -0.15) is 0 Å². The van der Waals surface area contributed by atoms with Crippen LogP contribution >= 0.6 is 15.9 Å². The van der Waals surface area contributed by atoms with Crippen LogP contribution in [0.4, 0.5) is 0 Å². The standard InChI is InChI=1S/C29H21BrO/c30-28-19-11-10-18-27(28)29(31)26(24-16-8-3-9-17-24)21-20-25(22-12-4-1-5-13-22)23-14-6-2-7-15-23/h1-19,29,31H. The van der Waals surface area contributed by atoms with Crippen LogP contribution in [0.3, 0.4) is 0 Å². The fraction of sp³-hybridized carbons (Fsp3) is 0.0345. The molecular weight excluding hydrogens is 444 g/mol. The molecule has 0 saturated heterocycles. The summed E-state index contributed by atoms with van der Waals surface area (Å²) in [6.45, 7) is 0. The summed E-state index contributed by atoms with van der Waals surface area (Å²) in [6.07, 6.45) is -0.849. The molecule has 4 aromatic carbocycles. The van der Waals surface area contributed by atoms with Crippen LogP contribution < -0.4 is 0 Å². The van der Waals surface area contributed by atoms with Crippen LogP contribution in [0.2, 0.25) is 0 Å². The summed E-state index contributed by atoms with van der Waals surface area (Å²) >= 11 is 3.56. The third kappa shape index (κ3) is 5.03. The summed E-state index contributed by atoms with van der Waals surface area (Å²) in [7, 11) is 0. The number of rotatable bonds is 5. The van der Waals surface area contributed by atoms with Crippen molar-refractivity contribution in [3.8, 4) is 0 Å². The second kappa shape index (κ2) is 10.1. The molecule has 4 rings (SSSR count). The highest BCUT2D eigenvalue weighted by molar-refractivity contribution is 9.10. The van der Waals surface area contributed by atoms with Crippen molar-refractivity contribution in [3.05, 3.63) is 153 Å². The molecule has 0 fully saturated rings. The van der Waals surface area contributed by atoms with Gasteiger partial charge < -0.3 is 5.11 Å². The SMILES string of the molecule is OC(C(=C=C=C(c1ccccc1)c1ccccc1)c1ccccc1)c1ccccc1Br. The molecule has 150 valence electrons. The molecule has 31 heavy (non-hydrogen) atoms. The first-order valence-corrected chi connectivity index (χ1v) is 10.9. The van der Waals surface area contributed by atoms with Gasteiger partial charge in [0.05, 0.1) is 0 Å². The molecule has 0 heterocycles. The highest BCUT2D eigenvalue weighted by Crippen LogP contribution is 2.33. The Hall–Kier alpha value is -3.38. The smallest absolute Gasteiger partial charge is 0.113 e. The number of halogens is 1. The number of aliphatic hydroxyl groups is 1. The fourth-order valence-electron chi connectivity index (χ4n) is 3.42. The van der Waals surface area contributed by atoms with E-state index in [1.807, 2.05) is 91.0 Å². The van der Waals surface area contributed by atoms with Crippen LogP contribution in [0.15, 0.2) is 131 Å². The van der Waals surface area contributed by atoms with Crippen LogP contribution in [-0.2, 0) is 0 Å². The molecule has 0 radical (unpaired) electrons. The van der Waals surface area contributed by atoms with Gasteiger partial charge in [-0.15, -0.1) is 0 Å². The topological polar surface area (TPSA) is 20.2 Å². The Balaban J connectivity index is 1.99. The lowest BCUT2D eigenvalue weighted by Gasteiger charge is -2.15. The zero-order valence-electron chi connectivity index (χ0n) is 16.9. The van der Waals surface area contributed by atoms with Crippen LogP contribution in [0.1, 0.15) is 28.4 Å². The van der Waals surface area contributed by atoms with Crippen molar-refractivity contribution < 1.29 is 5.11 Å². The largest absolute Gasteiger partial charge is 0.383 e. The summed E-state index contributed by atoms with van der Waals surface area (Å²) in [6, 6.07) is 37.8. The normalized spacial score (nSPS) is 11.2. The van der Waals surface area contributed by atoms with Crippen molar-refractivity contribution in [1.29, 1.82) is 0 Å². The molecule has 1 N–H and O–H groups in total. The Morgan fingerprint density at radius 2 is 1.03 bits per heavy atom. The molecule has 0 aliphatic heterocycles. The maximum absolute atomic E-state index is 11.3. The molecule has 4 aromatic rings. The van der Waals surface area contributed by atoms with Crippen LogP contribution in [0.25, 0.3) is 11.1 Å². The van der Waals surface area contributed by atoms with Crippen molar-refractivity contribution in [2.45, 2.75) is 6.10 Å². The molecule has 0 bridgehead atoms. The van der Waals surface area contributed by atoms with Gasteiger partial charge in [0.1, 0.15) is 6.10 Å². The van der Waals surface area contributed by atoms with Crippen molar-refractivity contribution in [2.75, 3.05) is 0 Å². The molecule has 0 amide bonds. The zero-order valence-corrected chi connectivity index (χ0v) is 18.5. The van der Waals surface area contributed by atoms with Crippen LogP contribution in [0, 0.1) is 0 Å². The maximum Gasteiger partial charge on any atom is 0.113 e.